The molecule has 110 valence electrons. The number of benzene rings is 1. The van der Waals surface area contributed by atoms with Crippen LogP contribution in [0.1, 0.15) is 23.7 Å². The van der Waals surface area contributed by atoms with Crippen molar-refractivity contribution in [1.82, 2.24) is 4.90 Å². The third kappa shape index (κ3) is 3.55. The van der Waals surface area contributed by atoms with Crippen LogP contribution in [-0.2, 0) is 0 Å². The first-order valence-corrected chi connectivity index (χ1v) is 7.00. The maximum absolute atomic E-state index is 14.1. The van der Waals surface area contributed by atoms with Gasteiger partial charge in [0.05, 0.1) is 12.3 Å². The molecule has 5 heteroatoms. The van der Waals surface area contributed by atoms with Gasteiger partial charge in [-0.3, -0.25) is 9.69 Å². The number of nitrogens with zero attached hydrogens (tertiary/aromatic N) is 2. The summed E-state index contributed by atoms with van der Waals surface area (Å²) in [5.74, 6) is -0.464. The van der Waals surface area contributed by atoms with Crippen molar-refractivity contribution in [3.8, 4) is 0 Å². The summed E-state index contributed by atoms with van der Waals surface area (Å²) in [6, 6.07) is 4.68. The van der Waals surface area contributed by atoms with E-state index >= 15 is 0 Å². The van der Waals surface area contributed by atoms with Crippen molar-refractivity contribution in [2.45, 2.75) is 13.3 Å². The van der Waals surface area contributed by atoms with E-state index in [0.717, 1.165) is 32.6 Å². The Hall–Kier alpha value is -1.46. The smallest absolute Gasteiger partial charge is 0.159 e. The normalized spacial score (nSPS) is 17.1. The van der Waals surface area contributed by atoms with Crippen LogP contribution in [0.3, 0.4) is 0 Å². The van der Waals surface area contributed by atoms with Gasteiger partial charge in [0, 0.05) is 31.7 Å². The molecule has 0 aromatic heterocycles. The second-order valence-corrected chi connectivity index (χ2v) is 5.13. The van der Waals surface area contributed by atoms with Gasteiger partial charge < -0.3 is 10.0 Å². The van der Waals surface area contributed by atoms with Crippen LogP contribution >= 0.6 is 0 Å². The summed E-state index contributed by atoms with van der Waals surface area (Å²) in [5.41, 5.74) is 0.962. The molecule has 0 bridgehead atoms. The number of carbonyl (C=O) groups excluding carboxylic acids is 1. The fraction of sp³-hybridized carbons (Fsp3) is 0.533. The van der Waals surface area contributed by atoms with Crippen LogP contribution in [0.5, 0.6) is 0 Å². The second kappa shape index (κ2) is 6.81. The fourth-order valence-electron chi connectivity index (χ4n) is 2.56. The van der Waals surface area contributed by atoms with Crippen molar-refractivity contribution < 1.29 is 14.3 Å². The summed E-state index contributed by atoms with van der Waals surface area (Å²) >= 11 is 0. The molecular formula is C15H21FN2O2. The lowest BCUT2D eigenvalue weighted by Crippen LogP contribution is -2.32. The minimum Gasteiger partial charge on any atom is -0.395 e. The standard InChI is InChI=1S/C15H21FN2O2/c1-12(20)13-3-4-15(14(16)11-13)18-6-2-5-17(7-8-18)9-10-19/h3-4,11,19H,2,5-10H2,1H3. The lowest BCUT2D eigenvalue weighted by molar-refractivity contribution is 0.101. The molecule has 1 aliphatic rings. The summed E-state index contributed by atoms with van der Waals surface area (Å²) in [5, 5.41) is 8.97. The fourth-order valence-corrected chi connectivity index (χ4v) is 2.56. The van der Waals surface area contributed by atoms with Gasteiger partial charge >= 0.3 is 0 Å². The van der Waals surface area contributed by atoms with Crippen molar-refractivity contribution >= 4 is 11.5 Å². The van der Waals surface area contributed by atoms with E-state index < -0.39 is 0 Å². The number of β-amino-alcohol motifs (C(OH)–C–C–N with tert-alkyl or cyclic N) is 1. The number of rotatable bonds is 4. The molecule has 1 saturated heterocycles. The van der Waals surface area contributed by atoms with Crippen LogP contribution in [0.4, 0.5) is 10.1 Å². The summed E-state index contributed by atoms with van der Waals surface area (Å²) in [4.78, 5) is 15.4. The Bertz CT molecular complexity index is 479. The van der Waals surface area contributed by atoms with Crippen molar-refractivity contribution in [2.24, 2.45) is 0 Å². The van der Waals surface area contributed by atoms with Gasteiger partial charge in [-0.2, -0.15) is 0 Å². The van der Waals surface area contributed by atoms with Crippen molar-refractivity contribution in [3.63, 3.8) is 0 Å². The first-order chi connectivity index (χ1) is 9.61. The predicted octanol–water partition coefficient (Wildman–Crippen LogP) is 1.53. The molecule has 4 nitrogen and oxygen atoms in total. The van der Waals surface area contributed by atoms with Crippen LogP contribution in [0.15, 0.2) is 18.2 Å². The highest BCUT2D eigenvalue weighted by molar-refractivity contribution is 5.94. The highest BCUT2D eigenvalue weighted by atomic mass is 19.1. The number of Topliss-reactive ketones (excluding diaryl/α,β-unsaturated/α-hetero) is 1. The van der Waals surface area contributed by atoms with Crippen LogP contribution in [-0.4, -0.2) is 55.1 Å². The maximum atomic E-state index is 14.1. The topological polar surface area (TPSA) is 43.8 Å². The molecule has 0 atom stereocenters. The number of carbonyl (C=O) groups is 1. The molecule has 0 unspecified atom stereocenters. The molecule has 0 aliphatic carbocycles. The van der Waals surface area contributed by atoms with Gasteiger partial charge in [0.25, 0.3) is 0 Å². The average molecular weight is 280 g/mol. The molecule has 0 radical (unpaired) electrons. The molecular weight excluding hydrogens is 259 g/mol. The molecule has 0 saturated carbocycles. The van der Waals surface area contributed by atoms with Gasteiger partial charge in [-0.1, -0.05) is 0 Å². The molecule has 0 amide bonds. The molecule has 20 heavy (non-hydrogen) atoms. The van der Waals surface area contributed by atoms with Crippen LogP contribution in [0, 0.1) is 5.82 Å². The predicted molar refractivity (Wildman–Crippen MR) is 76.8 cm³/mol. The van der Waals surface area contributed by atoms with E-state index in [-0.39, 0.29) is 18.2 Å². The van der Waals surface area contributed by atoms with E-state index in [1.54, 1.807) is 12.1 Å². The number of anilines is 1. The highest BCUT2D eigenvalue weighted by Crippen LogP contribution is 2.22. The number of aliphatic hydroxyl groups excluding tert-OH is 1. The van der Waals surface area contributed by atoms with Gasteiger partial charge in [-0.25, -0.2) is 4.39 Å². The Morgan fingerprint density at radius 3 is 2.75 bits per heavy atom. The third-order valence-corrected chi connectivity index (χ3v) is 3.70. The number of hydrogen-bond donors (Lipinski definition) is 1. The number of hydrogen-bond acceptors (Lipinski definition) is 4. The van der Waals surface area contributed by atoms with Gasteiger partial charge in [-0.15, -0.1) is 0 Å². The number of halogens is 1. The van der Waals surface area contributed by atoms with Gasteiger partial charge in [-0.05, 0) is 38.1 Å². The summed E-state index contributed by atoms with van der Waals surface area (Å²) in [6.07, 6.45) is 0.938. The quantitative estimate of drug-likeness (QED) is 0.850. The summed E-state index contributed by atoms with van der Waals surface area (Å²) in [7, 11) is 0. The highest BCUT2D eigenvalue weighted by Gasteiger charge is 2.17. The van der Waals surface area contributed by atoms with Crippen LogP contribution in [0.2, 0.25) is 0 Å². The Morgan fingerprint density at radius 2 is 2.10 bits per heavy atom. The second-order valence-electron chi connectivity index (χ2n) is 5.13. The zero-order chi connectivity index (χ0) is 14.5. The maximum Gasteiger partial charge on any atom is 0.159 e. The number of aliphatic hydroxyl groups is 1. The molecule has 1 aromatic rings. The minimum absolute atomic E-state index is 0.125. The van der Waals surface area contributed by atoms with Crippen molar-refractivity contribution in [3.05, 3.63) is 29.6 Å². The average Bonchev–Trinajstić information content (AvgIpc) is 2.65. The number of ketones is 1. The SMILES string of the molecule is CC(=O)c1ccc(N2CCCN(CCO)CC2)c(F)c1. The van der Waals surface area contributed by atoms with E-state index in [1.165, 1.54) is 13.0 Å². The molecule has 1 aliphatic heterocycles. The monoisotopic (exact) mass is 280 g/mol. The van der Waals surface area contributed by atoms with E-state index in [2.05, 4.69) is 4.90 Å². The molecule has 1 aromatic carbocycles. The molecule has 2 rings (SSSR count). The van der Waals surface area contributed by atoms with Crippen LogP contribution < -0.4 is 4.90 Å². The van der Waals surface area contributed by atoms with E-state index in [9.17, 15) is 9.18 Å². The van der Waals surface area contributed by atoms with E-state index in [1.807, 2.05) is 4.90 Å². The van der Waals surface area contributed by atoms with Crippen molar-refractivity contribution in [1.29, 1.82) is 0 Å². The molecule has 1 fully saturated rings. The van der Waals surface area contributed by atoms with E-state index in [4.69, 9.17) is 5.11 Å². The molecule has 1 N–H and O–H groups in total. The van der Waals surface area contributed by atoms with E-state index in [0.29, 0.717) is 17.8 Å². The first-order valence-electron chi connectivity index (χ1n) is 7.00. The van der Waals surface area contributed by atoms with Crippen LogP contribution in [0.25, 0.3) is 0 Å². The van der Waals surface area contributed by atoms with Gasteiger partial charge in [0.15, 0.2) is 5.78 Å². The molecule has 0 spiro atoms. The van der Waals surface area contributed by atoms with Crippen molar-refractivity contribution in [2.75, 3.05) is 44.2 Å². The summed E-state index contributed by atoms with van der Waals surface area (Å²) in [6.45, 7) is 5.52. The van der Waals surface area contributed by atoms with Gasteiger partial charge in [0.2, 0.25) is 0 Å². The zero-order valence-corrected chi connectivity index (χ0v) is 11.8. The lowest BCUT2D eigenvalue weighted by Gasteiger charge is -2.24. The first kappa shape index (κ1) is 14.9. The Labute approximate surface area is 118 Å². The summed E-state index contributed by atoms with van der Waals surface area (Å²) < 4.78 is 14.1. The Kier molecular flexibility index (Phi) is 5.09. The molecule has 1 heterocycles. The third-order valence-electron chi connectivity index (χ3n) is 3.70. The Morgan fingerprint density at radius 1 is 1.30 bits per heavy atom. The van der Waals surface area contributed by atoms with Gasteiger partial charge in [0.1, 0.15) is 5.82 Å². The lowest BCUT2D eigenvalue weighted by atomic mass is 10.1. The Balaban J connectivity index is 2.09. The largest absolute Gasteiger partial charge is 0.395 e. The minimum atomic E-state index is -0.340. The zero-order valence-electron chi connectivity index (χ0n) is 11.8.